The minimum atomic E-state index is -0.0813. The second-order valence-corrected chi connectivity index (χ2v) is 26.9. The van der Waals surface area contributed by atoms with E-state index in [1.165, 1.54) is 119 Å². The molecule has 0 amide bonds. The summed E-state index contributed by atoms with van der Waals surface area (Å²) in [7, 11) is 0. The second kappa shape index (κ2) is 21.1. The van der Waals surface area contributed by atoms with Crippen LogP contribution >= 0.6 is 11.8 Å². The maximum absolute atomic E-state index is 2.59. The molecule has 0 N–H and O–H groups in total. The minimum Gasteiger partial charge on any atom is -0.311 e. The standard InChI is InChI=1S/C90H56BN5S/c1-2-25-57(26-3-1)60-27-4-13-38-73(60)94-82-47-24-50-86-88(82)91(71-53-51-58(55-85(71)94)61-36-22-48-83(92-74-39-14-5-28-63(74)64-29-6-15-40-75(64)92)89(61)95-78-43-18-9-32-67(78)68-33-10-19-44-79(68)95)72-54-52-59(56-87(72)97-86)62-37-23-49-84(93-76-41-16-7-30-65(76)66-31-8-17-42-77(66)93)90(62)96-80-45-20-11-34-69(80)70-35-12-21-46-81(70)96/h1-56H. The fourth-order valence-corrected chi connectivity index (χ4v) is 18.1. The molecular formula is C90H56BN5S. The molecule has 6 heterocycles. The Morgan fingerprint density at radius 2 is 0.567 bits per heavy atom. The number of benzene rings is 15. The average Bonchev–Trinajstić information content (AvgIpc) is 1.65. The third kappa shape index (κ3) is 7.86. The molecule has 4 aromatic heterocycles. The molecule has 0 atom stereocenters. The number of aromatic nitrogens is 4. The lowest BCUT2D eigenvalue weighted by Gasteiger charge is -2.41. The Bertz CT molecular complexity index is 6310. The number of anilines is 3. The SMILES string of the molecule is c1ccc(-c2ccccc2N2c3cc(-c4cccc(-n5c6ccccc6c6ccccc65)c4-n4c5ccccc5c5ccccc54)ccc3B3c4ccc(-c5cccc(-n6c7ccccc7c7ccccc76)c5-n5c6ccccc6c6ccccc65)cc4Sc4cccc2c43)cc1. The van der Waals surface area contributed by atoms with E-state index >= 15 is 0 Å². The highest BCUT2D eigenvalue weighted by Gasteiger charge is 2.42. The molecule has 19 aromatic rings. The van der Waals surface area contributed by atoms with E-state index in [0.717, 1.165) is 67.4 Å². The van der Waals surface area contributed by atoms with E-state index in [4.69, 9.17) is 0 Å². The van der Waals surface area contributed by atoms with Gasteiger partial charge in [0.05, 0.1) is 72.6 Å². The first kappa shape index (κ1) is 54.1. The maximum atomic E-state index is 2.59. The van der Waals surface area contributed by atoms with E-state index < -0.39 is 0 Å². The van der Waals surface area contributed by atoms with Gasteiger partial charge in [0, 0.05) is 80.9 Å². The lowest BCUT2D eigenvalue weighted by atomic mass is 9.35. The Kier molecular flexibility index (Phi) is 11.8. The molecule has 0 aliphatic carbocycles. The summed E-state index contributed by atoms with van der Waals surface area (Å²) < 4.78 is 10.1. The zero-order valence-corrected chi connectivity index (χ0v) is 53.4. The number of nitrogens with zero attached hydrogens (tertiary/aromatic N) is 5. The Morgan fingerprint density at radius 1 is 0.216 bits per heavy atom. The summed E-state index contributed by atoms with van der Waals surface area (Å²) in [6, 6.07) is 127. The number of rotatable bonds is 8. The summed E-state index contributed by atoms with van der Waals surface area (Å²) in [4.78, 5) is 5.10. The Balaban J connectivity index is 0.814. The molecule has 0 fully saturated rings. The van der Waals surface area contributed by atoms with Crippen molar-refractivity contribution in [3.8, 4) is 56.1 Å². The Hall–Kier alpha value is -12.3. The summed E-state index contributed by atoms with van der Waals surface area (Å²) in [6.07, 6.45) is 0. The molecule has 21 rings (SSSR count). The van der Waals surface area contributed by atoms with Crippen molar-refractivity contribution in [3.05, 3.63) is 340 Å². The number of hydrogen-bond donors (Lipinski definition) is 0. The lowest BCUT2D eigenvalue weighted by Crippen LogP contribution is -2.59. The average molecular weight is 1250 g/mol. The molecule has 15 aromatic carbocycles. The second-order valence-electron chi connectivity index (χ2n) is 25.8. The van der Waals surface area contributed by atoms with Crippen molar-refractivity contribution in [1.29, 1.82) is 0 Å². The first-order chi connectivity index (χ1) is 48.2. The lowest BCUT2D eigenvalue weighted by molar-refractivity contribution is 1.10. The van der Waals surface area contributed by atoms with Crippen LogP contribution in [0.25, 0.3) is 143 Å². The van der Waals surface area contributed by atoms with Gasteiger partial charge >= 0.3 is 0 Å². The van der Waals surface area contributed by atoms with Gasteiger partial charge in [0.15, 0.2) is 0 Å². The van der Waals surface area contributed by atoms with E-state index in [1.54, 1.807) is 0 Å². The molecular weight excluding hydrogens is 1190 g/mol. The number of para-hydroxylation sites is 11. The largest absolute Gasteiger partial charge is 0.311 e. The number of fused-ring (bicyclic) bond motifs is 16. The van der Waals surface area contributed by atoms with Crippen LogP contribution in [0.15, 0.2) is 350 Å². The van der Waals surface area contributed by atoms with Crippen molar-refractivity contribution in [2.24, 2.45) is 0 Å². The smallest absolute Gasteiger partial charge is 0.249 e. The zero-order valence-electron chi connectivity index (χ0n) is 52.6. The van der Waals surface area contributed by atoms with Gasteiger partial charge in [-0.3, -0.25) is 0 Å². The molecule has 97 heavy (non-hydrogen) atoms. The van der Waals surface area contributed by atoms with E-state index in [9.17, 15) is 0 Å². The normalized spacial score (nSPS) is 12.7. The Morgan fingerprint density at radius 3 is 1.03 bits per heavy atom. The van der Waals surface area contributed by atoms with Gasteiger partial charge in [-0.25, -0.2) is 0 Å². The molecule has 0 saturated heterocycles. The highest BCUT2D eigenvalue weighted by Crippen LogP contribution is 2.50. The quantitative estimate of drug-likeness (QED) is 0.142. The van der Waals surface area contributed by atoms with Crippen molar-refractivity contribution < 1.29 is 0 Å². The minimum absolute atomic E-state index is 0.0813. The number of hydrogen-bond acceptors (Lipinski definition) is 2. The van der Waals surface area contributed by atoms with Crippen LogP contribution < -0.4 is 21.3 Å². The first-order valence-electron chi connectivity index (χ1n) is 33.4. The van der Waals surface area contributed by atoms with Gasteiger partial charge in [-0.05, 0) is 119 Å². The molecule has 450 valence electrons. The molecule has 0 spiro atoms. The fraction of sp³-hybridized carbons (Fsp3) is 0. The van der Waals surface area contributed by atoms with E-state index in [2.05, 4.69) is 363 Å². The van der Waals surface area contributed by atoms with Crippen molar-refractivity contribution in [3.63, 3.8) is 0 Å². The van der Waals surface area contributed by atoms with Crippen molar-refractivity contribution in [2.75, 3.05) is 4.90 Å². The van der Waals surface area contributed by atoms with Gasteiger partial charge in [-0.15, -0.1) is 0 Å². The predicted octanol–water partition coefficient (Wildman–Crippen LogP) is 21.8. The molecule has 2 aliphatic rings. The van der Waals surface area contributed by atoms with Crippen molar-refractivity contribution >= 4 is 139 Å². The summed E-state index contributed by atoms with van der Waals surface area (Å²) in [5.74, 6) is 0. The van der Waals surface area contributed by atoms with Crippen molar-refractivity contribution in [1.82, 2.24) is 18.3 Å². The Labute approximate surface area is 564 Å². The highest BCUT2D eigenvalue weighted by atomic mass is 32.2. The first-order valence-corrected chi connectivity index (χ1v) is 34.3. The van der Waals surface area contributed by atoms with E-state index in [-0.39, 0.29) is 6.71 Å². The monoisotopic (exact) mass is 1250 g/mol. The molecule has 0 unspecified atom stereocenters. The molecule has 7 heteroatoms. The van der Waals surface area contributed by atoms with Gasteiger partial charge in [-0.1, -0.05) is 266 Å². The molecule has 5 nitrogen and oxygen atoms in total. The zero-order chi connectivity index (χ0) is 63.4. The predicted molar refractivity (Wildman–Crippen MR) is 410 cm³/mol. The van der Waals surface area contributed by atoms with Crippen LogP contribution in [0.2, 0.25) is 0 Å². The van der Waals surface area contributed by atoms with Crippen LogP contribution in [0.4, 0.5) is 17.1 Å². The summed E-state index contributed by atoms with van der Waals surface area (Å²) >= 11 is 1.91. The molecule has 0 bridgehead atoms. The summed E-state index contributed by atoms with van der Waals surface area (Å²) in [5.41, 5.74) is 28.1. The summed E-state index contributed by atoms with van der Waals surface area (Å²) in [5, 5.41) is 9.82. The van der Waals surface area contributed by atoms with Crippen LogP contribution in [0.3, 0.4) is 0 Å². The molecule has 0 saturated carbocycles. The van der Waals surface area contributed by atoms with Crippen LogP contribution in [-0.4, -0.2) is 25.0 Å². The summed E-state index contributed by atoms with van der Waals surface area (Å²) in [6.45, 7) is -0.0813. The molecule has 0 radical (unpaired) electrons. The third-order valence-electron chi connectivity index (χ3n) is 20.8. The van der Waals surface area contributed by atoms with Crippen LogP contribution in [-0.2, 0) is 0 Å². The third-order valence-corrected chi connectivity index (χ3v) is 22.0. The van der Waals surface area contributed by atoms with Gasteiger partial charge in [0.2, 0.25) is 6.71 Å². The van der Waals surface area contributed by atoms with Crippen LogP contribution in [0.5, 0.6) is 0 Å². The van der Waals surface area contributed by atoms with Crippen LogP contribution in [0, 0.1) is 0 Å². The van der Waals surface area contributed by atoms with E-state index in [0.29, 0.717) is 0 Å². The highest BCUT2D eigenvalue weighted by molar-refractivity contribution is 8.00. The topological polar surface area (TPSA) is 23.0 Å². The van der Waals surface area contributed by atoms with E-state index in [1.807, 2.05) is 11.8 Å². The van der Waals surface area contributed by atoms with Gasteiger partial charge in [0.1, 0.15) is 0 Å². The van der Waals surface area contributed by atoms with Gasteiger partial charge in [0.25, 0.3) is 0 Å². The fourth-order valence-electron chi connectivity index (χ4n) is 16.9. The van der Waals surface area contributed by atoms with Gasteiger partial charge in [-0.2, -0.15) is 0 Å². The maximum Gasteiger partial charge on any atom is 0.249 e. The van der Waals surface area contributed by atoms with Crippen molar-refractivity contribution in [2.45, 2.75) is 9.79 Å². The van der Waals surface area contributed by atoms with Gasteiger partial charge < -0.3 is 23.2 Å². The molecule has 2 aliphatic heterocycles. The van der Waals surface area contributed by atoms with Crippen LogP contribution in [0.1, 0.15) is 0 Å².